The van der Waals surface area contributed by atoms with Crippen molar-refractivity contribution < 1.29 is 9.53 Å². The Morgan fingerprint density at radius 3 is 2.68 bits per heavy atom. The van der Waals surface area contributed by atoms with Crippen LogP contribution in [0, 0.1) is 11.3 Å². The number of halogens is 2. The molecule has 96 valence electrons. The summed E-state index contributed by atoms with van der Waals surface area (Å²) in [6.45, 7) is -0.123. The van der Waals surface area contributed by atoms with Crippen LogP contribution in [-0.4, -0.2) is 12.4 Å². The summed E-state index contributed by atoms with van der Waals surface area (Å²) in [7, 11) is 0. The molecule has 0 aliphatic rings. The van der Waals surface area contributed by atoms with Crippen LogP contribution in [0.15, 0.2) is 30.3 Å². The Hall–Kier alpha value is -1.54. The molecular weight excluding hydrogens is 305 g/mol. The molecule has 0 bridgehead atoms. The lowest BCUT2D eigenvalue weighted by atomic mass is 10.2. The maximum Gasteiger partial charge on any atom is 0.210 e. The van der Waals surface area contributed by atoms with Gasteiger partial charge in [0, 0.05) is 0 Å². The molecule has 0 aliphatic heterocycles. The largest absolute Gasteiger partial charge is 0.484 e. The van der Waals surface area contributed by atoms with Crippen LogP contribution in [0.2, 0.25) is 9.36 Å². The van der Waals surface area contributed by atoms with Crippen LogP contribution in [0.25, 0.3) is 0 Å². The van der Waals surface area contributed by atoms with E-state index in [0.717, 1.165) is 0 Å². The Balaban J connectivity index is 2.03. The number of hydrogen-bond acceptors (Lipinski definition) is 4. The molecule has 0 amide bonds. The summed E-state index contributed by atoms with van der Waals surface area (Å²) in [6, 6.07) is 9.91. The van der Waals surface area contributed by atoms with Crippen LogP contribution in [0.4, 0.5) is 0 Å². The van der Waals surface area contributed by atoms with Crippen molar-refractivity contribution >= 4 is 40.3 Å². The number of nitrogens with zero attached hydrogens (tertiary/aromatic N) is 1. The molecule has 0 saturated carbocycles. The lowest BCUT2D eigenvalue weighted by molar-refractivity contribution is 0.0925. The second-order valence-electron chi connectivity index (χ2n) is 3.57. The van der Waals surface area contributed by atoms with Gasteiger partial charge in [-0.25, -0.2) is 0 Å². The van der Waals surface area contributed by atoms with Crippen molar-refractivity contribution in [3.05, 3.63) is 50.1 Å². The molecule has 2 aromatic rings. The van der Waals surface area contributed by atoms with Crippen molar-refractivity contribution in [2.45, 2.75) is 0 Å². The summed E-state index contributed by atoms with van der Waals surface area (Å²) in [6.07, 6.45) is 0. The fourth-order valence-corrected chi connectivity index (χ4v) is 2.57. The molecule has 0 saturated heterocycles. The van der Waals surface area contributed by atoms with Crippen molar-refractivity contribution in [3.8, 4) is 11.8 Å². The van der Waals surface area contributed by atoms with E-state index in [1.54, 1.807) is 24.3 Å². The molecule has 1 aromatic heterocycles. The molecule has 0 N–H and O–H groups in total. The number of ketones is 1. The minimum absolute atomic E-state index is 0.123. The van der Waals surface area contributed by atoms with Gasteiger partial charge in [-0.05, 0) is 30.3 Å². The highest BCUT2D eigenvalue weighted by Crippen LogP contribution is 2.26. The summed E-state index contributed by atoms with van der Waals surface area (Å²) in [5.74, 6) is 0.203. The molecular formula is C13H7Cl2NO2S. The van der Waals surface area contributed by atoms with E-state index in [-0.39, 0.29) is 12.4 Å². The maximum atomic E-state index is 11.8. The maximum absolute atomic E-state index is 11.8. The van der Waals surface area contributed by atoms with Crippen molar-refractivity contribution in [3.63, 3.8) is 0 Å². The first-order chi connectivity index (χ1) is 9.10. The van der Waals surface area contributed by atoms with Gasteiger partial charge in [0.1, 0.15) is 5.75 Å². The molecule has 6 heteroatoms. The molecule has 0 radical (unpaired) electrons. The number of rotatable bonds is 4. The minimum Gasteiger partial charge on any atom is -0.484 e. The van der Waals surface area contributed by atoms with Crippen LogP contribution in [0.5, 0.6) is 5.75 Å². The fourth-order valence-electron chi connectivity index (χ4n) is 1.37. The third kappa shape index (κ3) is 3.48. The summed E-state index contributed by atoms with van der Waals surface area (Å²) >= 11 is 12.9. The number of Topliss-reactive ketones (excluding diaryl/α,β-unsaturated/α-hetero) is 1. The van der Waals surface area contributed by atoms with E-state index in [0.29, 0.717) is 25.5 Å². The van der Waals surface area contributed by atoms with Crippen LogP contribution in [0.3, 0.4) is 0 Å². The topological polar surface area (TPSA) is 50.1 Å². The zero-order chi connectivity index (χ0) is 13.8. The number of hydrogen-bond donors (Lipinski definition) is 0. The molecule has 2 rings (SSSR count). The van der Waals surface area contributed by atoms with Crippen molar-refractivity contribution in [1.82, 2.24) is 0 Å². The minimum atomic E-state index is -0.169. The van der Waals surface area contributed by atoms with Crippen molar-refractivity contribution in [2.24, 2.45) is 0 Å². The first-order valence-electron chi connectivity index (χ1n) is 5.21. The van der Waals surface area contributed by atoms with Crippen LogP contribution in [0.1, 0.15) is 15.2 Å². The Morgan fingerprint density at radius 2 is 2.11 bits per heavy atom. The second kappa shape index (κ2) is 6.07. The highest BCUT2D eigenvalue weighted by atomic mass is 35.5. The number of nitriles is 1. The highest BCUT2D eigenvalue weighted by molar-refractivity contribution is 7.18. The van der Waals surface area contributed by atoms with Gasteiger partial charge in [-0.3, -0.25) is 4.79 Å². The standard InChI is InChI=1S/C13H7Cl2NO2S/c14-9-5-8(6-16)1-2-11(9)18-7-10(17)12-3-4-13(15)19-12/h1-5H,7H2. The van der Waals surface area contributed by atoms with E-state index in [4.69, 9.17) is 33.2 Å². The predicted molar refractivity (Wildman–Crippen MR) is 75.3 cm³/mol. The number of thiophene rings is 1. The lowest BCUT2D eigenvalue weighted by Gasteiger charge is -2.06. The normalized spacial score (nSPS) is 9.95. The van der Waals surface area contributed by atoms with E-state index in [1.165, 1.54) is 17.4 Å². The zero-order valence-corrected chi connectivity index (χ0v) is 11.9. The Kier molecular flexibility index (Phi) is 4.43. The Labute approximate surface area is 123 Å². The van der Waals surface area contributed by atoms with E-state index in [9.17, 15) is 4.79 Å². The molecule has 19 heavy (non-hydrogen) atoms. The smallest absolute Gasteiger partial charge is 0.210 e. The highest BCUT2D eigenvalue weighted by Gasteiger charge is 2.11. The van der Waals surface area contributed by atoms with Crippen molar-refractivity contribution in [1.29, 1.82) is 5.26 Å². The molecule has 0 spiro atoms. The monoisotopic (exact) mass is 311 g/mol. The number of carbonyl (C=O) groups is 1. The number of carbonyl (C=O) groups excluding carboxylic acids is 1. The van der Waals surface area contributed by atoms with E-state index < -0.39 is 0 Å². The van der Waals surface area contributed by atoms with Crippen LogP contribution >= 0.6 is 34.5 Å². The third-order valence-electron chi connectivity index (χ3n) is 2.27. The lowest BCUT2D eigenvalue weighted by Crippen LogP contribution is -2.10. The predicted octanol–water partition coefficient (Wildman–Crippen LogP) is 4.19. The summed E-state index contributed by atoms with van der Waals surface area (Å²) in [4.78, 5) is 12.3. The number of ether oxygens (including phenoxy) is 1. The molecule has 3 nitrogen and oxygen atoms in total. The molecule has 0 fully saturated rings. The number of benzene rings is 1. The molecule has 0 aliphatic carbocycles. The molecule has 0 unspecified atom stereocenters. The summed E-state index contributed by atoms with van der Waals surface area (Å²) < 4.78 is 5.89. The first-order valence-corrected chi connectivity index (χ1v) is 6.78. The van der Waals surface area contributed by atoms with Gasteiger partial charge in [0.15, 0.2) is 6.61 Å². The van der Waals surface area contributed by atoms with E-state index in [2.05, 4.69) is 0 Å². The van der Waals surface area contributed by atoms with E-state index in [1.807, 2.05) is 6.07 Å². The molecule has 1 aromatic carbocycles. The van der Waals surface area contributed by atoms with Gasteiger partial charge < -0.3 is 4.74 Å². The van der Waals surface area contributed by atoms with Crippen LogP contribution in [-0.2, 0) is 0 Å². The second-order valence-corrected chi connectivity index (χ2v) is 5.69. The van der Waals surface area contributed by atoms with Gasteiger partial charge in [-0.2, -0.15) is 5.26 Å². The Morgan fingerprint density at radius 1 is 1.32 bits per heavy atom. The third-order valence-corrected chi connectivity index (χ3v) is 3.84. The SMILES string of the molecule is N#Cc1ccc(OCC(=O)c2ccc(Cl)s2)c(Cl)c1. The summed E-state index contributed by atoms with van der Waals surface area (Å²) in [5.41, 5.74) is 0.439. The Bertz CT molecular complexity index is 661. The van der Waals surface area contributed by atoms with E-state index >= 15 is 0 Å². The fraction of sp³-hybridized carbons (Fsp3) is 0.0769. The van der Waals surface area contributed by atoms with Crippen LogP contribution < -0.4 is 4.74 Å². The average molecular weight is 312 g/mol. The van der Waals surface area contributed by atoms with Gasteiger partial charge >= 0.3 is 0 Å². The first kappa shape index (κ1) is 13.9. The zero-order valence-electron chi connectivity index (χ0n) is 9.52. The quantitative estimate of drug-likeness (QED) is 0.795. The molecule has 0 atom stereocenters. The molecule has 1 heterocycles. The van der Waals surface area contributed by atoms with Gasteiger partial charge in [0.2, 0.25) is 5.78 Å². The van der Waals surface area contributed by atoms with Gasteiger partial charge in [0.25, 0.3) is 0 Å². The van der Waals surface area contributed by atoms with Gasteiger partial charge in [0.05, 0.1) is 25.9 Å². The van der Waals surface area contributed by atoms with Gasteiger partial charge in [-0.15, -0.1) is 11.3 Å². The average Bonchev–Trinajstić information content (AvgIpc) is 2.83. The summed E-state index contributed by atoms with van der Waals surface area (Å²) in [5, 5.41) is 9.01. The van der Waals surface area contributed by atoms with Gasteiger partial charge in [-0.1, -0.05) is 23.2 Å². The van der Waals surface area contributed by atoms with Crippen molar-refractivity contribution in [2.75, 3.05) is 6.61 Å².